The second-order valence-corrected chi connectivity index (χ2v) is 17.8. The van der Waals surface area contributed by atoms with Crippen molar-refractivity contribution in [3.05, 3.63) is 154 Å². The third-order valence-electron chi connectivity index (χ3n) is 15.3. The number of nitrogens with zero attached hydrogens (tertiary/aromatic N) is 2. The van der Waals surface area contributed by atoms with Crippen LogP contribution in [0.15, 0.2) is 109 Å². The van der Waals surface area contributed by atoms with Crippen LogP contribution in [0.4, 0.5) is 0 Å². The zero-order valence-corrected chi connectivity index (χ0v) is 31.1. The average molecular weight is 687 g/mol. The van der Waals surface area contributed by atoms with Crippen molar-refractivity contribution in [1.82, 2.24) is 9.38 Å². The fourth-order valence-electron chi connectivity index (χ4n) is 12.3. The molecule has 0 unspecified atom stereocenters. The third-order valence-corrected chi connectivity index (χ3v) is 15.3. The Hall–Kier alpha value is -5.28. The summed E-state index contributed by atoms with van der Waals surface area (Å²) in [7, 11) is 0. The predicted molar refractivity (Wildman–Crippen MR) is 216 cm³/mol. The van der Waals surface area contributed by atoms with E-state index >= 15 is 0 Å². The summed E-state index contributed by atoms with van der Waals surface area (Å²) >= 11 is 0. The standard InChI is InChI=1S/C50H42N2O/c1-28(2)50-21-19-47(3,20-22-50)46(53)33-26-40-31(25-39(33)50)32-23-30(29-13-7-6-8-14-29)24-34-42-41(52(40)44(32)34)27-51-45-43(42)48(4)35-15-9-11-17-37(35)49(45,5)38-18-12-10-16-36(38)48/h6-18,23-28H,19-22H2,1-5H3. The Labute approximate surface area is 310 Å². The monoisotopic (exact) mass is 686 g/mol. The van der Waals surface area contributed by atoms with Crippen LogP contribution in [-0.4, -0.2) is 15.2 Å². The van der Waals surface area contributed by atoms with E-state index in [2.05, 4.69) is 148 Å². The summed E-state index contributed by atoms with van der Waals surface area (Å²) in [5.74, 6) is 0.788. The minimum Gasteiger partial charge on any atom is -0.306 e. The number of hydrogen-bond acceptors (Lipinski definition) is 2. The van der Waals surface area contributed by atoms with Crippen molar-refractivity contribution < 1.29 is 4.79 Å². The molecule has 0 saturated heterocycles. The molecular weight excluding hydrogens is 645 g/mol. The second-order valence-electron chi connectivity index (χ2n) is 17.8. The molecule has 0 spiro atoms. The van der Waals surface area contributed by atoms with Gasteiger partial charge in [-0.25, -0.2) is 0 Å². The van der Waals surface area contributed by atoms with Gasteiger partial charge in [-0.3, -0.25) is 9.78 Å². The summed E-state index contributed by atoms with van der Waals surface area (Å²) in [5.41, 5.74) is 15.1. The van der Waals surface area contributed by atoms with Gasteiger partial charge in [0.05, 0.1) is 33.9 Å². The molecule has 6 aliphatic carbocycles. The van der Waals surface area contributed by atoms with Crippen LogP contribution in [0.5, 0.6) is 0 Å². The Balaban J connectivity index is 1.28. The summed E-state index contributed by atoms with van der Waals surface area (Å²) in [6.45, 7) is 11.8. The first-order valence-corrected chi connectivity index (χ1v) is 19.6. The minimum atomic E-state index is -0.391. The molecular formula is C50H42N2O. The molecule has 0 aliphatic heterocycles. The highest BCUT2D eigenvalue weighted by molar-refractivity contribution is 6.26. The lowest BCUT2D eigenvalue weighted by atomic mass is 9.49. The van der Waals surface area contributed by atoms with E-state index in [1.807, 2.05) is 0 Å². The fraction of sp³-hybridized carbons (Fsp3) is 0.280. The van der Waals surface area contributed by atoms with Crippen molar-refractivity contribution in [3.63, 3.8) is 0 Å². The van der Waals surface area contributed by atoms with Gasteiger partial charge in [0.15, 0.2) is 5.78 Å². The highest BCUT2D eigenvalue weighted by Crippen LogP contribution is 2.64. The van der Waals surface area contributed by atoms with Crippen LogP contribution in [0, 0.1) is 11.3 Å². The zero-order chi connectivity index (χ0) is 35.8. The predicted octanol–water partition coefficient (Wildman–Crippen LogP) is 11.9. The molecule has 0 N–H and O–H groups in total. The van der Waals surface area contributed by atoms with E-state index in [1.165, 1.54) is 71.6 Å². The number of aromatic nitrogens is 2. The zero-order valence-electron chi connectivity index (χ0n) is 31.1. The summed E-state index contributed by atoms with van der Waals surface area (Å²) in [6, 6.07) is 38.6. The topological polar surface area (TPSA) is 34.4 Å². The van der Waals surface area contributed by atoms with Gasteiger partial charge in [-0.15, -0.1) is 0 Å². The molecule has 0 amide bonds. The van der Waals surface area contributed by atoms with Gasteiger partial charge in [-0.05, 0) is 120 Å². The molecule has 3 aromatic heterocycles. The molecule has 14 rings (SSSR count). The van der Waals surface area contributed by atoms with Crippen molar-refractivity contribution in [2.75, 3.05) is 0 Å². The van der Waals surface area contributed by atoms with E-state index in [-0.39, 0.29) is 16.2 Å². The van der Waals surface area contributed by atoms with Crippen LogP contribution < -0.4 is 0 Å². The number of fused-ring (bicyclic) bond motifs is 8. The van der Waals surface area contributed by atoms with Gasteiger partial charge in [0.25, 0.3) is 0 Å². The van der Waals surface area contributed by atoms with E-state index in [0.29, 0.717) is 11.7 Å². The molecule has 53 heavy (non-hydrogen) atoms. The van der Waals surface area contributed by atoms with E-state index in [1.54, 1.807) is 0 Å². The Morgan fingerprint density at radius 2 is 1.23 bits per heavy atom. The van der Waals surface area contributed by atoms with Crippen LogP contribution in [0.3, 0.4) is 0 Å². The van der Waals surface area contributed by atoms with Crippen LogP contribution >= 0.6 is 0 Å². The minimum absolute atomic E-state index is 0.0101. The highest BCUT2D eigenvalue weighted by atomic mass is 16.1. The lowest BCUT2D eigenvalue weighted by Crippen LogP contribution is -2.48. The van der Waals surface area contributed by atoms with Crippen molar-refractivity contribution in [3.8, 4) is 11.1 Å². The molecule has 3 heteroatoms. The normalized spacial score (nSPS) is 26.8. The first-order chi connectivity index (χ1) is 25.6. The lowest BCUT2D eigenvalue weighted by molar-refractivity contribution is 0.0688. The van der Waals surface area contributed by atoms with E-state index in [4.69, 9.17) is 4.98 Å². The first-order valence-electron chi connectivity index (χ1n) is 19.6. The van der Waals surface area contributed by atoms with Crippen LogP contribution in [0.1, 0.15) is 110 Å². The molecule has 3 nitrogen and oxygen atoms in total. The van der Waals surface area contributed by atoms with E-state index < -0.39 is 5.41 Å². The molecule has 5 aromatic carbocycles. The van der Waals surface area contributed by atoms with Crippen molar-refractivity contribution in [2.24, 2.45) is 11.3 Å². The van der Waals surface area contributed by atoms with Gasteiger partial charge in [0.1, 0.15) is 0 Å². The van der Waals surface area contributed by atoms with Gasteiger partial charge >= 0.3 is 0 Å². The number of rotatable bonds is 2. The Kier molecular flexibility index (Phi) is 5.38. The summed E-state index contributed by atoms with van der Waals surface area (Å²) < 4.78 is 2.48. The van der Waals surface area contributed by atoms with Gasteiger partial charge < -0.3 is 4.40 Å². The van der Waals surface area contributed by atoms with Crippen LogP contribution in [-0.2, 0) is 16.2 Å². The molecule has 258 valence electrons. The Morgan fingerprint density at radius 3 is 1.87 bits per heavy atom. The molecule has 1 saturated carbocycles. The van der Waals surface area contributed by atoms with Gasteiger partial charge in [0.2, 0.25) is 0 Å². The van der Waals surface area contributed by atoms with Gasteiger partial charge in [-0.1, -0.05) is 99.6 Å². The van der Waals surface area contributed by atoms with Crippen LogP contribution in [0.25, 0.3) is 49.2 Å². The van der Waals surface area contributed by atoms with Gasteiger partial charge in [0, 0.05) is 37.9 Å². The van der Waals surface area contributed by atoms with Crippen molar-refractivity contribution >= 4 is 43.9 Å². The number of pyridine rings is 1. The number of ketones is 1. The molecule has 3 heterocycles. The summed E-state index contributed by atoms with van der Waals surface area (Å²) in [6.07, 6.45) is 6.23. The van der Waals surface area contributed by atoms with E-state index in [9.17, 15) is 4.79 Å². The Morgan fingerprint density at radius 1 is 0.623 bits per heavy atom. The lowest BCUT2D eigenvalue weighted by Gasteiger charge is -2.53. The number of hydrogen-bond donors (Lipinski definition) is 0. The third kappa shape index (κ3) is 3.24. The van der Waals surface area contributed by atoms with E-state index in [0.717, 1.165) is 48.0 Å². The molecule has 6 aliphatic rings. The SMILES string of the molecule is CC(C)C12CCC(C)(CC1)C(=O)c1cc3c(cc12)c1cc(-c2ccccc2)cc2c4c5c(ncc4n3c12)C1(C)c2ccccc2C5(C)c2ccccc21. The molecule has 0 radical (unpaired) electrons. The quantitative estimate of drug-likeness (QED) is 0.181. The molecule has 8 aromatic rings. The average Bonchev–Trinajstić information content (AvgIpc) is 3.65. The maximum absolute atomic E-state index is 14.7. The molecule has 1 fully saturated rings. The smallest absolute Gasteiger partial charge is 0.169 e. The van der Waals surface area contributed by atoms with Crippen LogP contribution in [0.2, 0.25) is 0 Å². The molecule has 4 bridgehead atoms. The maximum atomic E-state index is 14.7. The summed E-state index contributed by atoms with van der Waals surface area (Å²) in [5, 5.41) is 5.07. The highest BCUT2D eigenvalue weighted by Gasteiger charge is 2.57. The largest absolute Gasteiger partial charge is 0.306 e. The fourth-order valence-corrected chi connectivity index (χ4v) is 12.3. The number of Topliss-reactive ketones (excluding diaryl/α,β-unsaturated/α-hetero) is 1. The number of carbonyl (C=O) groups excluding carboxylic acids is 1. The number of carbonyl (C=O) groups is 1. The Bertz CT molecular complexity index is 2890. The maximum Gasteiger partial charge on any atom is 0.169 e. The van der Waals surface area contributed by atoms with Crippen molar-refractivity contribution in [2.45, 2.75) is 76.5 Å². The molecule has 0 atom stereocenters. The van der Waals surface area contributed by atoms with Crippen molar-refractivity contribution in [1.29, 1.82) is 0 Å². The second kappa shape index (κ2) is 9.44. The van der Waals surface area contributed by atoms with Gasteiger partial charge in [-0.2, -0.15) is 0 Å². The first kappa shape index (κ1) is 30.2. The number of benzene rings is 5. The summed E-state index contributed by atoms with van der Waals surface area (Å²) in [4.78, 5) is 20.2.